The number of anilines is 2. The van der Waals surface area contributed by atoms with E-state index in [2.05, 4.69) is 16.1 Å². The van der Waals surface area contributed by atoms with E-state index in [1.54, 1.807) is 48.5 Å². The summed E-state index contributed by atoms with van der Waals surface area (Å²) in [6.45, 7) is 3.67. The van der Waals surface area contributed by atoms with E-state index in [0.717, 1.165) is 11.1 Å². The van der Waals surface area contributed by atoms with Crippen LogP contribution in [0.1, 0.15) is 21.6 Å². The Morgan fingerprint density at radius 1 is 0.765 bits per heavy atom. The second-order valence-corrected chi connectivity index (χ2v) is 8.56. The summed E-state index contributed by atoms with van der Waals surface area (Å²) < 4.78 is 1.27. The van der Waals surface area contributed by atoms with Gasteiger partial charge in [-0.05, 0) is 73.5 Å². The van der Waals surface area contributed by atoms with Gasteiger partial charge >= 0.3 is 11.8 Å². The molecular weight excluding hydrogens is 475 g/mol. The summed E-state index contributed by atoms with van der Waals surface area (Å²) >= 11 is 12.0. The van der Waals surface area contributed by atoms with Crippen molar-refractivity contribution in [3.8, 4) is 0 Å². The zero-order valence-electron chi connectivity index (χ0n) is 18.3. The third-order valence-corrected chi connectivity index (χ3v) is 5.72. The Morgan fingerprint density at radius 3 is 2.09 bits per heavy atom. The van der Waals surface area contributed by atoms with Gasteiger partial charge in [-0.25, -0.2) is 4.68 Å². The molecule has 4 aromatic rings. The highest BCUT2D eigenvalue weighted by molar-refractivity contribution is 6.42. The molecule has 3 aromatic carbocycles. The number of halogens is 2. The summed E-state index contributed by atoms with van der Waals surface area (Å²) in [6.07, 6.45) is 0. The Hall–Kier alpha value is -3.81. The maximum absolute atomic E-state index is 13.1. The Labute approximate surface area is 205 Å². The highest BCUT2D eigenvalue weighted by Crippen LogP contribution is 2.24. The van der Waals surface area contributed by atoms with Crippen LogP contribution in [0.4, 0.5) is 11.4 Å². The molecule has 0 fully saturated rings. The lowest BCUT2D eigenvalue weighted by Crippen LogP contribution is -2.36. The number of carbonyl (C=O) groups excluding carboxylic acids is 3. The summed E-state index contributed by atoms with van der Waals surface area (Å²) in [5, 5.41) is 7.01. The van der Waals surface area contributed by atoms with Gasteiger partial charge in [-0.3, -0.25) is 19.8 Å². The molecule has 3 N–H and O–H groups in total. The van der Waals surface area contributed by atoms with Gasteiger partial charge < -0.3 is 10.6 Å². The summed E-state index contributed by atoms with van der Waals surface area (Å²) in [6, 6.07) is 18.7. The molecule has 0 radical (unpaired) electrons. The molecule has 34 heavy (non-hydrogen) atoms. The number of para-hydroxylation sites is 1. The number of amides is 3. The molecule has 0 unspecified atom stereocenters. The third kappa shape index (κ3) is 4.90. The fourth-order valence-electron chi connectivity index (χ4n) is 3.54. The molecular formula is C25H20Cl2N4O3. The Balaban J connectivity index is 1.64. The van der Waals surface area contributed by atoms with Gasteiger partial charge in [-0.2, -0.15) is 0 Å². The molecule has 0 bridgehead atoms. The van der Waals surface area contributed by atoms with E-state index in [4.69, 9.17) is 23.2 Å². The van der Waals surface area contributed by atoms with E-state index in [1.807, 2.05) is 32.0 Å². The molecule has 0 atom stereocenters. The van der Waals surface area contributed by atoms with Crippen LogP contribution in [0, 0.1) is 13.8 Å². The number of aromatic nitrogens is 1. The minimum atomic E-state index is -0.935. The van der Waals surface area contributed by atoms with Crippen molar-refractivity contribution in [3.63, 3.8) is 0 Å². The maximum atomic E-state index is 13.1. The van der Waals surface area contributed by atoms with E-state index < -0.39 is 17.7 Å². The number of nitrogens with one attached hydrogen (secondary N) is 3. The molecule has 1 aromatic heterocycles. The van der Waals surface area contributed by atoms with Crippen molar-refractivity contribution in [2.24, 2.45) is 0 Å². The number of hydrogen-bond acceptors (Lipinski definition) is 3. The van der Waals surface area contributed by atoms with Gasteiger partial charge in [0.05, 0.1) is 5.52 Å². The molecule has 0 aliphatic rings. The second-order valence-electron chi connectivity index (χ2n) is 7.69. The average molecular weight is 495 g/mol. The topological polar surface area (TPSA) is 92.2 Å². The van der Waals surface area contributed by atoms with Crippen LogP contribution in [-0.4, -0.2) is 22.4 Å². The second kappa shape index (κ2) is 9.59. The Bertz CT molecular complexity index is 1410. The van der Waals surface area contributed by atoms with Gasteiger partial charge in [0.25, 0.3) is 5.91 Å². The van der Waals surface area contributed by atoms with Gasteiger partial charge in [0.15, 0.2) is 0 Å². The van der Waals surface area contributed by atoms with Gasteiger partial charge in [0, 0.05) is 26.8 Å². The van der Waals surface area contributed by atoms with Crippen LogP contribution in [0.25, 0.3) is 10.9 Å². The van der Waals surface area contributed by atoms with E-state index in [0.29, 0.717) is 32.3 Å². The number of fused-ring (bicyclic) bond motifs is 1. The van der Waals surface area contributed by atoms with E-state index >= 15 is 0 Å². The lowest BCUT2D eigenvalue weighted by atomic mass is 10.1. The van der Waals surface area contributed by atoms with Crippen LogP contribution in [0.2, 0.25) is 10.0 Å². The zero-order chi connectivity index (χ0) is 24.4. The number of carbonyl (C=O) groups is 3. The van der Waals surface area contributed by atoms with Crippen molar-refractivity contribution in [1.29, 1.82) is 0 Å². The van der Waals surface area contributed by atoms with Crippen molar-refractivity contribution in [2.45, 2.75) is 13.8 Å². The normalized spacial score (nSPS) is 10.7. The molecule has 0 spiro atoms. The van der Waals surface area contributed by atoms with E-state index in [9.17, 15) is 14.4 Å². The monoisotopic (exact) mass is 494 g/mol. The van der Waals surface area contributed by atoms with Crippen LogP contribution in [-0.2, 0) is 9.59 Å². The van der Waals surface area contributed by atoms with Crippen molar-refractivity contribution in [1.82, 2.24) is 4.68 Å². The zero-order valence-corrected chi connectivity index (χ0v) is 19.8. The Morgan fingerprint density at radius 2 is 1.41 bits per heavy atom. The molecule has 7 nitrogen and oxygen atoms in total. The molecule has 3 amide bonds. The van der Waals surface area contributed by atoms with Gasteiger partial charge in [-0.1, -0.05) is 41.4 Å². The minimum absolute atomic E-state index is 0.112. The number of rotatable bonds is 4. The highest BCUT2D eigenvalue weighted by Gasteiger charge is 2.22. The van der Waals surface area contributed by atoms with Crippen molar-refractivity contribution < 1.29 is 14.4 Å². The summed E-state index contributed by atoms with van der Waals surface area (Å²) in [4.78, 5) is 38.5. The molecule has 172 valence electrons. The first-order valence-electron chi connectivity index (χ1n) is 10.3. The molecule has 9 heteroatoms. The first-order valence-corrected chi connectivity index (χ1v) is 11.0. The standard InChI is InChI=1S/C25H20Cl2N4O3/c1-14-4-3-5-15(2)22(14)29-24(33)25(34)30-31-20-11-8-18(27)12-16(20)13-21(31)23(32)28-19-9-6-17(26)7-10-19/h3-13H,1-2H3,(H,28,32)(H,29,33)(H,30,34). The largest absolute Gasteiger partial charge is 0.328 e. The minimum Gasteiger partial charge on any atom is -0.321 e. The van der Waals surface area contributed by atoms with Gasteiger partial charge in [-0.15, -0.1) is 0 Å². The van der Waals surface area contributed by atoms with Gasteiger partial charge in [0.1, 0.15) is 5.69 Å². The molecule has 0 saturated heterocycles. The molecule has 1 heterocycles. The fraction of sp³-hybridized carbons (Fsp3) is 0.0800. The number of nitrogens with zero attached hydrogens (tertiary/aromatic N) is 1. The van der Waals surface area contributed by atoms with Crippen molar-refractivity contribution in [2.75, 3.05) is 16.1 Å². The SMILES string of the molecule is Cc1cccc(C)c1NC(=O)C(=O)Nn1c(C(=O)Nc2ccc(Cl)cc2)cc2cc(Cl)ccc21. The molecule has 0 saturated carbocycles. The van der Waals surface area contributed by atoms with E-state index in [-0.39, 0.29) is 5.69 Å². The smallest absolute Gasteiger partial charge is 0.321 e. The number of benzene rings is 3. The van der Waals surface area contributed by atoms with Crippen molar-refractivity contribution in [3.05, 3.63) is 93.6 Å². The van der Waals surface area contributed by atoms with Crippen LogP contribution >= 0.6 is 23.2 Å². The van der Waals surface area contributed by atoms with Crippen LogP contribution < -0.4 is 16.1 Å². The predicted molar refractivity (Wildman–Crippen MR) is 135 cm³/mol. The number of hydrogen-bond donors (Lipinski definition) is 3. The first kappa shape index (κ1) is 23.4. The lowest BCUT2D eigenvalue weighted by molar-refractivity contribution is -0.133. The number of aryl methyl sites for hydroxylation is 2. The average Bonchev–Trinajstić information content (AvgIpc) is 3.15. The Kier molecular flexibility index (Phi) is 6.58. The summed E-state index contributed by atoms with van der Waals surface area (Å²) in [5.74, 6) is -2.29. The van der Waals surface area contributed by atoms with Crippen molar-refractivity contribution >= 4 is 63.2 Å². The first-order chi connectivity index (χ1) is 16.2. The van der Waals surface area contributed by atoms with E-state index in [1.165, 1.54) is 4.68 Å². The predicted octanol–water partition coefficient (Wildman–Crippen LogP) is 5.53. The highest BCUT2D eigenvalue weighted by atomic mass is 35.5. The lowest BCUT2D eigenvalue weighted by Gasteiger charge is -2.14. The van der Waals surface area contributed by atoms with Crippen LogP contribution in [0.5, 0.6) is 0 Å². The third-order valence-electron chi connectivity index (χ3n) is 5.24. The summed E-state index contributed by atoms with van der Waals surface area (Å²) in [5.41, 5.74) is 5.87. The fourth-order valence-corrected chi connectivity index (χ4v) is 3.84. The summed E-state index contributed by atoms with van der Waals surface area (Å²) in [7, 11) is 0. The van der Waals surface area contributed by atoms with Crippen LogP contribution in [0.3, 0.4) is 0 Å². The molecule has 0 aliphatic heterocycles. The van der Waals surface area contributed by atoms with Gasteiger partial charge in [0.2, 0.25) is 0 Å². The maximum Gasteiger partial charge on any atom is 0.328 e. The quantitative estimate of drug-likeness (QED) is 0.326. The molecule has 0 aliphatic carbocycles. The van der Waals surface area contributed by atoms with Crippen LogP contribution in [0.15, 0.2) is 66.7 Å². The molecule has 4 rings (SSSR count).